The first-order valence-corrected chi connectivity index (χ1v) is 4.24. The minimum absolute atomic E-state index is 0.186. The van der Waals surface area contributed by atoms with Crippen molar-refractivity contribution in [2.45, 2.75) is 12.8 Å². The lowest BCUT2D eigenvalue weighted by molar-refractivity contribution is -0.385. The summed E-state index contributed by atoms with van der Waals surface area (Å²) in [5.41, 5.74) is 0.353. The van der Waals surface area contributed by atoms with Crippen LogP contribution in [0.1, 0.15) is 24.0 Å². The lowest BCUT2D eigenvalue weighted by Crippen LogP contribution is -2.01. The van der Waals surface area contributed by atoms with Gasteiger partial charge in [0.1, 0.15) is 6.29 Å². The molecule has 0 aliphatic rings. The highest BCUT2D eigenvalue weighted by atomic mass is 16.6. The van der Waals surface area contributed by atoms with Crippen molar-refractivity contribution in [3.8, 4) is 6.07 Å². The van der Waals surface area contributed by atoms with Crippen molar-refractivity contribution in [3.63, 3.8) is 0 Å². The number of nitro benzene ring substituents is 1. The summed E-state index contributed by atoms with van der Waals surface area (Å²) < 4.78 is 0. The maximum atomic E-state index is 10.7. The van der Waals surface area contributed by atoms with Gasteiger partial charge in [-0.15, -0.1) is 0 Å². The van der Waals surface area contributed by atoms with Crippen LogP contribution in [0.3, 0.4) is 0 Å². The number of nitro groups is 1. The fourth-order valence-electron chi connectivity index (χ4n) is 1.23. The lowest BCUT2D eigenvalue weighted by atomic mass is 9.99. The van der Waals surface area contributed by atoms with Gasteiger partial charge >= 0.3 is 0 Å². The van der Waals surface area contributed by atoms with Gasteiger partial charge in [0.25, 0.3) is 5.69 Å². The highest BCUT2D eigenvalue weighted by molar-refractivity contribution is 5.65. The van der Waals surface area contributed by atoms with Crippen molar-refractivity contribution in [1.82, 2.24) is 0 Å². The zero-order valence-corrected chi connectivity index (χ0v) is 8.01. The molecule has 1 unspecified atom stereocenters. The van der Waals surface area contributed by atoms with Gasteiger partial charge in [-0.3, -0.25) is 10.1 Å². The Labute approximate surface area is 86.1 Å². The van der Waals surface area contributed by atoms with E-state index in [-0.39, 0.29) is 11.3 Å². The minimum atomic E-state index is -0.587. The summed E-state index contributed by atoms with van der Waals surface area (Å²) in [4.78, 5) is 20.7. The van der Waals surface area contributed by atoms with Crippen LogP contribution >= 0.6 is 0 Å². The highest BCUT2D eigenvalue weighted by Crippen LogP contribution is 2.26. The number of carbonyl (C=O) groups is 1. The van der Waals surface area contributed by atoms with Crippen LogP contribution in [-0.4, -0.2) is 11.2 Å². The summed E-state index contributed by atoms with van der Waals surface area (Å²) in [5, 5.41) is 19.3. The molecule has 5 heteroatoms. The molecular weight excluding hydrogens is 196 g/mol. The standard InChI is InChI=1S/C10H8N2O3/c1-7(6-13)9-3-2-8(5-11)4-10(9)12(14)15/h2-4,6-7H,1H3. The van der Waals surface area contributed by atoms with E-state index in [2.05, 4.69) is 0 Å². The molecule has 0 saturated heterocycles. The van der Waals surface area contributed by atoms with E-state index in [1.165, 1.54) is 18.2 Å². The third-order valence-electron chi connectivity index (χ3n) is 2.05. The van der Waals surface area contributed by atoms with E-state index >= 15 is 0 Å². The van der Waals surface area contributed by atoms with Crippen LogP contribution in [0.4, 0.5) is 5.69 Å². The summed E-state index contributed by atoms with van der Waals surface area (Å²) in [6, 6.07) is 5.89. The number of benzene rings is 1. The zero-order valence-electron chi connectivity index (χ0n) is 8.01. The fraction of sp³-hybridized carbons (Fsp3) is 0.200. The van der Waals surface area contributed by atoms with Crippen LogP contribution in [0.5, 0.6) is 0 Å². The molecule has 0 bridgehead atoms. The Balaban J connectivity index is 3.34. The molecule has 0 N–H and O–H groups in total. The van der Waals surface area contributed by atoms with Gasteiger partial charge in [-0.05, 0) is 6.07 Å². The van der Waals surface area contributed by atoms with Gasteiger partial charge in [-0.1, -0.05) is 13.0 Å². The van der Waals surface area contributed by atoms with E-state index in [1.54, 1.807) is 6.92 Å². The molecule has 0 spiro atoms. The predicted molar refractivity (Wildman–Crippen MR) is 52.3 cm³/mol. The summed E-state index contributed by atoms with van der Waals surface area (Å²) in [7, 11) is 0. The van der Waals surface area contributed by atoms with Crippen LogP contribution in [0.2, 0.25) is 0 Å². The molecule has 1 aromatic rings. The molecule has 1 aromatic carbocycles. The molecule has 0 radical (unpaired) electrons. The molecule has 15 heavy (non-hydrogen) atoms. The van der Waals surface area contributed by atoms with Gasteiger partial charge in [-0.25, -0.2) is 0 Å². The van der Waals surface area contributed by atoms with Crippen LogP contribution in [0, 0.1) is 21.4 Å². The van der Waals surface area contributed by atoms with Crippen LogP contribution < -0.4 is 0 Å². The number of carbonyl (C=O) groups excluding carboxylic acids is 1. The average Bonchev–Trinajstić information content (AvgIpc) is 2.27. The number of aldehydes is 1. The number of rotatable bonds is 3. The topological polar surface area (TPSA) is 84.0 Å². The summed E-state index contributed by atoms with van der Waals surface area (Å²) in [6.45, 7) is 1.57. The maximum Gasteiger partial charge on any atom is 0.274 e. The van der Waals surface area contributed by atoms with Gasteiger partial charge in [0.05, 0.1) is 16.6 Å². The lowest BCUT2D eigenvalue weighted by Gasteiger charge is -2.04. The maximum absolute atomic E-state index is 10.7. The Morgan fingerprint density at radius 1 is 1.60 bits per heavy atom. The average molecular weight is 204 g/mol. The van der Waals surface area contributed by atoms with E-state index in [0.717, 1.165) is 0 Å². The largest absolute Gasteiger partial charge is 0.303 e. The van der Waals surface area contributed by atoms with Crippen molar-refractivity contribution in [1.29, 1.82) is 5.26 Å². The first kappa shape index (κ1) is 10.9. The smallest absolute Gasteiger partial charge is 0.274 e. The van der Waals surface area contributed by atoms with E-state index in [4.69, 9.17) is 5.26 Å². The summed E-state index contributed by atoms with van der Waals surface area (Å²) >= 11 is 0. The third kappa shape index (κ3) is 2.17. The molecule has 0 aliphatic heterocycles. The van der Waals surface area contributed by atoms with Crippen LogP contribution in [0.15, 0.2) is 18.2 Å². The molecule has 0 amide bonds. The molecule has 5 nitrogen and oxygen atoms in total. The predicted octanol–water partition coefficient (Wildman–Crippen LogP) is 1.77. The number of hydrogen-bond acceptors (Lipinski definition) is 4. The van der Waals surface area contributed by atoms with Crippen molar-refractivity contribution < 1.29 is 9.72 Å². The molecule has 0 fully saturated rings. The molecule has 0 aromatic heterocycles. The Morgan fingerprint density at radius 2 is 2.27 bits per heavy atom. The van der Waals surface area contributed by atoms with E-state index < -0.39 is 10.8 Å². The second-order valence-electron chi connectivity index (χ2n) is 3.07. The molecule has 0 heterocycles. The van der Waals surface area contributed by atoms with Crippen LogP contribution in [0.25, 0.3) is 0 Å². The molecule has 0 aliphatic carbocycles. The van der Waals surface area contributed by atoms with E-state index in [9.17, 15) is 14.9 Å². The Kier molecular flexibility index (Phi) is 3.13. The molecule has 76 valence electrons. The van der Waals surface area contributed by atoms with Gasteiger partial charge < -0.3 is 4.79 Å². The zero-order chi connectivity index (χ0) is 11.4. The monoisotopic (exact) mass is 204 g/mol. The quantitative estimate of drug-likeness (QED) is 0.426. The van der Waals surface area contributed by atoms with Crippen molar-refractivity contribution >= 4 is 12.0 Å². The third-order valence-corrected chi connectivity index (χ3v) is 2.05. The number of hydrogen-bond donors (Lipinski definition) is 0. The second kappa shape index (κ2) is 4.33. The first-order chi connectivity index (χ1) is 7.10. The minimum Gasteiger partial charge on any atom is -0.303 e. The molecule has 1 atom stereocenters. The number of nitrogens with zero attached hydrogens (tertiary/aromatic N) is 2. The second-order valence-corrected chi connectivity index (χ2v) is 3.07. The van der Waals surface area contributed by atoms with Crippen LogP contribution in [-0.2, 0) is 4.79 Å². The van der Waals surface area contributed by atoms with Gasteiger partial charge in [0, 0.05) is 17.5 Å². The van der Waals surface area contributed by atoms with Crippen molar-refractivity contribution in [3.05, 3.63) is 39.4 Å². The highest BCUT2D eigenvalue weighted by Gasteiger charge is 2.18. The van der Waals surface area contributed by atoms with Gasteiger partial charge in [0.2, 0.25) is 0 Å². The van der Waals surface area contributed by atoms with E-state index in [0.29, 0.717) is 11.8 Å². The molecular formula is C10H8N2O3. The summed E-state index contributed by atoms with van der Waals surface area (Å²) in [6.07, 6.45) is 0.633. The first-order valence-electron chi connectivity index (χ1n) is 4.24. The molecule has 1 rings (SSSR count). The molecule has 0 saturated carbocycles. The van der Waals surface area contributed by atoms with Crippen molar-refractivity contribution in [2.75, 3.05) is 0 Å². The SMILES string of the molecule is CC(C=O)c1ccc(C#N)cc1[N+](=O)[O-]. The summed E-state index contributed by atoms with van der Waals surface area (Å²) in [5.74, 6) is -0.543. The van der Waals surface area contributed by atoms with E-state index in [1.807, 2.05) is 6.07 Å². The Hall–Kier alpha value is -2.22. The number of nitriles is 1. The van der Waals surface area contributed by atoms with Gasteiger partial charge in [0.15, 0.2) is 0 Å². The fourth-order valence-corrected chi connectivity index (χ4v) is 1.23. The van der Waals surface area contributed by atoms with Gasteiger partial charge in [-0.2, -0.15) is 5.26 Å². The normalized spacial score (nSPS) is 11.5. The Bertz CT molecular complexity index is 448. The Morgan fingerprint density at radius 3 is 2.73 bits per heavy atom. The van der Waals surface area contributed by atoms with Crippen molar-refractivity contribution in [2.24, 2.45) is 0 Å².